The molecule has 1 atom stereocenters. The summed E-state index contributed by atoms with van der Waals surface area (Å²) in [5, 5.41) is 0. The third-order valence-electron chi connectivity index (χ3n) is 3.54. The molecular weight excluding hydrogens is 188 g/mol. The van der Waals surface area contributed by atoms with Crippen molar-refractivity contribution in [2.45, 2.75) is 39.5 Å². The molecule has 88 valence electrons. The Kier molecular flexibility index (Phi) is 5.09. The van der Waals surface area contributed by atoms with Crippen molar-refractivity contribution in [1.29, 1.82) is 0 Å². The summed E-state index contributed by atoms with van der Waals surface area (Å²) < 4.78 is 0. The number of likely N-dealkylation sites (tertiary alicyclic amines) is 1. The first-order valence-corrected chi connectivity index (χ1v) is 6.17. The summed E-state index contributed by atoms with van der Waals surface area (Å²) >= 11 is 0. The van der Waals surface area contributed by atoms with Crippen molar-refractivity contribution in [2.24, 2.45) is 17.6 Å². The van der Waals surface area contributed by atoms with E-state index in [1.54, 1.807) is 0 Å². The highest BCUT2D eigenvalue weighted by Crippen LogP contribution is 2.21. The largest absolute Gasteiger partial charge is 0.342 e. The Morgan fingerprint density at radius 3 is 2.53 bits per heavy atom. The predicted octanol–water partition coefficient (Wildman–Crippen LogP) is 1.62. The molecule has 15 heavy (non-hydrogen) atoms. The monoisotopic (exact) mass is 212 g/mol. The van der Waals surface area contributed by atoms with E-state index in [1.165, 1.54) is 0 Å². The Bertz CT molecular complexity index is 198. The van der Waals surface area contributed by atoms with Crippen molar-refractivity contribution >= 4 is 5.91 Å². The van der Waals surface area contributed by atoms with Crippen LogP contribution in [-0.2, 0) is 4.79 Å². The van der Waals surface area contributed by atoms with Crippen LogP contribution in [0.1, 0.15) is 39.5 Å². The molecule has 1 heterocycles. The number of carbonyl (C=O) groups excluding carboxylic acids is 1. The maximum Gasteiger partial charge on any atom is 0.225 e. The van der Waals surface area contributed by atoms with Crippen molar-refractivity contribution in [2.75, 3.05) is 19.6 Å². The molecule has 0 bridgehead atoms. The van der Waals surface area contributed by atoms with Crippen LogP contribution in [0.4, 0.5) is 0 Å². The molecule has 3 heteroatoms. The molecule has 0 aromatic rings. The SMILES string of the molecule is CCC(C)C(=O)N1CCC(CCN)CC1. The first-order valence-electron chi connectivity index (χ1n) is 6.17. The molecule has 1 fully saturated rings. The lowest BCUT2D eigenvalue weighted by atomic mass is 9.93. The van der Waals surface area contributed by atoms with Crippen molar-refractivity contribution in [3.8, 4) is 0 Å². The van der Waals surface area contributed by atoms with Gasteiger partial charge in [0.25, 0.3) is 0 Å². The highest BCUT2D eigenvalue weighted by molar-refractivity contribution is 5.78. The van der Waals surface area contributed by atoms with E-state index < -0.39 is 0 Å². The van der Waals surface area contributed by atoms with Gasteiger partial charge in [-0.3, -0.25) is 4.79 Å². The van der Waals surface area contributed by atoms with E-state index in [-0.39, 0.29) is 5.92 Å². The highest BCUT2D eigenvalue weighted by atomic mass is 16.2. The van der Waals surface area contributed by atoms with Crippen LogP contribution in [0, 0.1) is 11.8 Å². The third-order valence-corrected chi connectivity index (χ3v) is 3.54. The number of rotatable bonds is 4. The molecule has 0 aromatic carbocycles. The number of amides is 1. The van der Waals surface area contributed by atoms with E-state index in [9.17, 15) is 4.79 Å². The Hall–Kier alpha value is -0.570. The molecule has 1 aliphatic heterocycles. The average molecular weight is 212 g/mol. The van der Waals surface area contributed by atoms with Crippen molar-refractivity contribution in [1.82, 2.24) is 4.90 Å². The molecular formula is C12H24N2O. The van der Waals surface area contributed by atoms with Crippen molar-refractivity contribution in [3.05, 3.63) is 0 Å². The second-order valence-electron chi connectivity index (χ2n) is 4.66. The van der Waals surface area contributed by atoms with Crippen LogP contribution in [0.25, 0.3) is 0 Å². The number of carbonyl (C=O) groups is 1. The summed E-state index contributed by atoms with van der Waals surface area (Å²) in [5.74, 6) is 1.27. The minimum atomic E-state index is 0.191. The smallest absolute Gasteiger partial charge is 0.225 e. The summed E-state index contributed by atoms with van der Waals surface area (Å²) in [4.78, 5) is 13.9. The van der Waals surface area contributed by atoms with Gasteiger partial charge in [-0.15, -0.1) is 0 Å². The van der Waals surface area contributed by atoms with Gasteiger partial charge < -0.3 is 10.6 Å². The van der Waals surface area contributed by atoms with E-state index in [0.29, 0.717) is 5.91 Å². The average Bonchev–Trinajstić information content (AvgIpc) is 2.28. The lowest BCUT2D eigenvalue weighted by Gasteiger charge is -2.33. The summed E-state index contributed by atoms with van der Waals surface area (Å²) in [6.45, 7) is 6.75. The maximum absolute atomic E-state index is 11.9. The second-order valence-corrected chi connectivity index (χ2v) is 4.66. The Morgan fingerprint density at radius 2 is 2.07 bits per heavy atom. The van der Waals surface area contributed by atoms with Crippen LogP contribution >= 0.6 is 0 Å². The van der Waals surface area contributed by atoms with Gasteiger partial charge >= 0.3 is 0 Å². The van der Waals surface area contributed by atoms with Gasteiger partial charge in [0, 0.05) is 19.0 Å². The van der Waals surface area contributed by atoms with Crippen molar-refractivity contribution in [3.63, 3.8) is 0 Å². The van der Waals surface area contributed by atoms with Gasteiger partial charge in [-0.05, 0) is 38.1 Å². The molecule has 1 unspecified atom stereocenters. The zero-order valence-corrected chi connectivity index (χ0v) is 10.0. The second kappa shape index (κ2) is 6.11. The molecule has 1 amide bonds. The third kappa shape index (κ3) is 3.49. The standard InChI is InChI=1S/C12H24N2O/c1-3-10(2)12(15)14-8-5-11(4-7-13)6-9-14/h10-11H,3-9,13H2,1-2H3. The molecule has 2 N–H and O–H groups in total. The fourth-order valence-corrected chi connectivity index (χ4v) is 2.16. The molecule has 0 spiro atoms. The summed E-state index contributed by atoms with van der Waals surface area (Å²) in [6.07, 6.45) is 4.34. The van der Waals surface area contributed by atoms with E-state index >= 15 is 0 Å². The normalized spacial score (nSPS) is 20.3. The molecule has 0 saturated carbocycles. The number of hydrogen-bond acceptors (Lipinski definition) is 2. The fourth-order valence-electron chi connectivity index (χ4n) is 2.16. The van der Waals surface area contributed by atoms with Crippen LogP contribution in [0.5, 0.6) is 0 Å². The Balaban J connectivity index is 2.33. The molecule has 0 radical (unpaired) electrons. The summed E-state index contributed by atoms with van der Waals surface area (Å²) in [6, 6.07) is 0. The van der Waals surface area contributed by atoms with E-state index in [1.807, 2.05) is 11.8 Å². The molecule has 0 aliphatic carbocycles. The molecule has 1 aliphatic rings. The zero-order chi connectivity index (χ0) is 11.3. The van der Waals surface area contributed by atoms with E-state index in [4.69, 9.17) is 5.73 Å². The van der Waals surface area contributed by atoms with Crippen LogP contribution in [0.2, 0.25) is 0 Å². The predicted molar refractivity (Wildman–Crippen MR) is 62.4 cm³/mol. The fraction of sp³-hybridized carbons (Fsp3) is 0.917. The van der Waals surface area contributed by atoms with E-state index in [2.05, 4.69) is 6.92 Å². The molecule has 0 aromatic heterocycles. The first kappa shape index (κ1) is 12.5. The molecule has 1 rings (SSSR count). The molecule has 1 saturated heterocycles. The van der Waals surface area contributed by atoms with Crippen LogP contribution in [0.3, 0.4) is 0 Å². The number of nitrogens with zero attached hydrogens (tertiary/aromatic N) is 1. The maximum atomic E-state index is 11.9. The Morgan fingerprint density at radius 1 is 1.47 bits per heavy atom. The number of nitrogens with two attached hydrogens (primary N) is 1. The summed E-state index contributed by atoms with van der Waals surface area (Å²) in [7, 11) is 0. The van der Waals surface area contributed by atoms with Gasteiger partial charge in [-0.25, -0.2) is 0 Å². The zero-order valence-electron chi connectivity index (χ0n) is 10.0. The van der Waals surface area contributed by atoms with Gasteiger partial charge in [0.2, 0.25) is 5.91 Å². The highest BCUT2D eigenvalue weighted by Gasteiger charge is 2.24. The van der Waals surface area contributed by atoms with Gasteiger partial charge in [0.15, 0.2) is 0 Å². The number of hydrogen-bond donors (Lipinski definition) is 1. The van der Waals surface area contributed by atoms with Gasteiger partial charge in [-0.1, -0.05) is 13.8 Å². The minimum absolute atomic E-state index is 0.191. The summed E-state index contributed by atoms with van der Waals surface area (Å²) in [5.41, 5.74) is 5.54. The lowest BCUT2D eigenvalue weighted by Crippen LogP contribution is -2.41. The van der Waals surface area contributed by atoms with Crippen LogP contribution in [0.15, 0.2) is 0 Å². The van der Waals surface area contributed by atoms with Gasteiger partial charge in [-0.2, -0.15) is 0 Å². The lowest BCUT2D eigenvalue weighted by molar-refractivity contribution is -0.136. The number of piperidine rings is 1. The van der Waals surface area contributed by atoms with Crippen molar-refractivity contribution < 1.29 is 4.79 Å². The molecule has 3 nitrogen and oxygen atoms in total. The minimum Gasteiger partial charge on any atom is -0.342 e. The topological polar surface area (TPSA) is 46.3 Å². The van der Waals surface area contributed by atoms with Gasteiger partial charge in [0.1, 0.15) is 0 Å². The van der Waals surface area contributed by atoms with Crippen LogP contribution in [-0.4, -0.2) is 30.4 Å². The van der Waals surface area contributed by atoms with Gasteiger partial charge in [0.05, 0.1) is 0 Å². The first-order chi connectivity index (χ1) is 7.19. The van der Waals surface area contributed by atoms with Crippen LogP contribution < -0.4 is 5.73 Å². The quantitative estimate of drug-likeness (QED) is 0.769. The Labute approximate surface area is 93.0 Å². The van der Waals surface area contributed by atoms with E-state index in [0.717, 1.165) is 51.2 Å².